The van der Waals surface area contributed by atoms with E-state index in [2.05, 4.69) is 15.9 Å². The maximum absolute atomic E-state index is 12.6. The first-order chi connectivity index (χ1) is 9.58. The molecule has 1 heterocycles. The molecule has 10 heteroatoms. The highest BCUT2D eigenvalue weighted by Crippen LogP contribution is 2.36. The topological polar surface area (TPSA) is 101 Å². The Balaban J connectivity index is 2.44. The molecule has 0 bridgehead atoms. The molecule has 0 saturated carbocycles. The van der Waals surface area contributed by atoms with Crippen molar-refractivity contribution in [1.29, 1.82) is 0 Å². The Morgan fingerprint density at radius 1 is 1.38 bits per heavy atom. The van der Waals surface area contributed by atoms with Crippen LogP contribution in [0.1, 0.15) is 6.42 Å². The lowest BCUT2D eigenvalue weighted by molar-refractivity contribution is -0.142. The van der Waals surface area contributed by atoms with Crippen LogP contribution in [0.15, 0.2) is 21.5 Å². The van der Waals surface area contributed by atoms with E-state index in [4.69, 9.17) is 34.0 Å². The summed E-state index contributed by atoms with van der Waals surface area (Å²) in [5.74, 6) is -1.24. The first-order valence-corrected chi connectivity index (χ1v) is 8.74. The average molecular weight is 418 g/mol. The predicted molar refractivity (Wildman–Crippen MR) is 82.1 cm³/mol. The van der Waals surface area contributed by atoms with Gasteiger partial charge in [0.15, 0.2) is 0 Å². The van der Waals surface area contributed by atoms with Crippen LogP contribution in [-0.2, 0) is 14.8 Å². The molecule has 1 unspecified atom stereocenters. The number of nitrogens with two attached hydrogens (primary N) is 1. The van der Waals surface area contributed by atoms with E-state index in [9.17, 15) is 13.2 Å². The third kappa shape index (κ3) is 3.06. The number of hydrogen-bond donors (Lipinski definition) is 2. The quantitative estimate of drug-likeness (QED) is 0.782. The number of sulfonamides is 1. The molecule has 1 aliphatic rings. The third-order valence-corrected chi connectivity index (χ3v) is 6.48. The molecule has 21 heavy (non-hydrogen) atoms. The summed E-state index contributed by atoms with van der Waals surface area (Å²) < 4.78 is 26.7. The SMILES string of the molecule is NC1(C(=O)O)CCN(S(=O)(=O)c2c(Cl)cc(Br)cc2Cl)C1. The summed E-state index contributed by atoms with van der Waals surface area (Å²) in [6.45, 7) is -0.332. The lowest BCUT2D eigenvalue weighted by Crippen LogP contribution is -2.50. The normalized spacial score (nSPS) is 23.4. The van der Waals surface area contributed by atoms with Crippen LogP contribution in [0.4, 0.5) is 0 Å². The fraction of sp³-hybridized carbons (Fsp3) is 0.364. The van der Waals surface area contributed by atoms with E-state index in [1.807, 2.05) is 0 Å². The van der Waals surface area contributed by atoms with Gasteiger partial charge in [0.1, 0.15) is 10.4 Å². The monoisotopic (exact) mass is 416 g/mol. The third-order valence-electron chi connectivity index (χ3n) is 3.25. The van der Waals surface area contributed by atoms with E-state index in [0.29, 0.717) is 4.47 Å². The molecule has 0 amide bonds. The Hall–Kier alpha value is -0.380. The Morgan fingerprint density at radius 3 is 2.33 bits per heavy atom. The van der Waals surface area contributed by atoms with Gasteiger partial charge in [-0.05, 0) is 18.6 Å². The second-order valence-electron chi connectivity index (χ2n) is 4.75. The molecule has 2 rings (SSSR count). The maximum Gasteiger partial charge on any atom is 0.325 e. The van der Waals surface area contributed by atoms with Crippen LogP contribution in [0.5, 0.6) is 0 Å². The summed E-state index contributed by atoms with van der Waals surface area (Å²) in [6.07, 6.45) is 0.0212. The largest absolute Gasteiger partial charge is 0.480 e. The first-order valence-electron chi connectivity index (χ1n) is 5.75. The summed E-state index contributed by atoms with van der Waals surface area (Å²) in [4.78, 5) is 10.9. The zero-order valence-electron chi connectivity index (χ0n) is 10.5. The van der Waals surface area contributed by atoms with Gasteiger partial charge in [-0.25, -0.2) is 8.42 Å². The smallest absolute Gasteiger partial charge is 0.325 e. The van der Waals surface area contributed by atoms with Gasteiger partial charge in [-0.2, -0.15) is 4.31 Å². The van der Waals surface area contributed by atoms with Crippen LogP contribution in [0.3, 0.4) is 0 Å². The van der Waals surface area contributed by atoms with Crippen molar-refractivity contribution in [2.75, 3.05) is 13.1 Å². The average Bonchev–Trinajstić information content (AvgIpc) is 2.72. The van der Waals surface area contributed by atoms with Crippen LogP contribution in [0, 0.1) is 0 Å². The van der Waals surface area contributed by atoms with Gasteiger partial charge in [0, 0.05) is 17.6 Å². The second-order valence-corrected chi connectivity index (χ2v) is 8.35. The summed E-state index contributed by atoms with van der Waals surface area (Å²) >= 11 is 15.1. The molecule has 116 valence electrons. The molecule has 1 fully saturated rings. The Kier molecular flexibility index (Phi) is 4.59. The number of halogens is 3. The number of nitrogens with zero attached hydrogens (tertiary/aromatic N) is 1. The van der Waals surface area contributed by atoms with E-state index in [1.54, 1.807) is 0 Å². The van der Waals surface area contributed by atoms with Crippen molar-refractivity contribution in [1.82, 2.24) is 4.31 Å². The molecule has 1 saturated heterocycles. The number of carboxylic acid groups (broad SMARTS) is 1. The van der Waals surface area contributed by atoms with Crippen molar-refractivity contribution in [2.45, 2.75) is 16.9 Å². The molecule has 1 aliphatic heterocycles. The van der Waals surface area contributed by atoms with Crippen LogP contribution in [0.2, 0.25) is 10.0 Å². The molecule has 0 aromatic heterocycles. The van der Waals surface area contributed by atoms with E-state index >= 15 is 0 Å². The maximum atomic E-state index is 12.6. The highest BCUT2D eigenvalue weighted by molar-refractivity contribution is 9.10. The molecule has 3 N–H and O–H groups in total. The fourth-order valence-corrected chi connectivity index (χ4v) is 5.48. The highest BCUT2D eigenvalue weighted by Gasteiger charge is 2.46. The number of carboxylic acids is 1. The summed E-state index contributed by atoms with van der Waals surface area (Å²) in [5.41, 5.74) is 4.09. The lowest BCUT2D eigenvalue weighted by Gasteiger charge is -2.21. The van der Waals surface area contributed by atoms with Crippen molar-refractivity contribution in [3.05, 3.63) is 26.7 Å². The number of rotatable bonds is 3. The lowest BCUT2D eigenvalue weighted by atomic mass is 10.0. The van der Waals surface area contributed by atoms with Gasteiger partial charge in [0.25, 0.3) is 0 Å². The summed E-state index contributed by atoms with van der Waals surface area (Å²) in [6, 6.07) is 2.81. The minimum Gasteiger partial charge on any atom is -0.480 e. The predicted octanol–water partition coefficient (Wildman–Crippen LogP) is 1.93. The number of aliphatic carboxylic acids is 1. The van der Waals surface area contributed by atoms with Gasteiger partial charge in [-0.3, -0.25) is 4.79 Å². The van der Waals surface area contributed by atoms with Crippen LogP contribution in [0.25, 0.3) is 0 Å². The zero-order valence-corrected chi connectivity index (χ0v) is 14.4. The Labute approximate surface area is 140 Å². The van der Waals surface area contributed by atoms with E-state index < -0.39 is 21.5 Å². The van der Waals surface area contributed by atoms with Gasteiger partial charge in [-0.1, -0.05) is 39.1 Å². The van der Waals surface area contributed by atoms with E-state index in [-0.39, 0.29) is 34.5 Å². The molecule has 0 spiro atoms. The minimum absolute atomic E-state index is 0.00610. The number of benzene rings is 1. The zero-order chi connectivity index (χ0) is 16.0. The molecule has 1 atom stereocenters. The number of carbonyl (C=O) groups is 1. The molecular weight excluding hydrogens is 407 g/mol. The van der Waals surface area contributed by atoms with Gasteiger partial charge in [0.05, 0.1) is 10.0 Å². The molecule has 0 radical (unpaired) electrons. The molecule has 1 aromatic rings. The van der Waals surface area contributed by atoms with Crippen molar-refractivity contribution in [3.8, 4) is 0 Å². The molecular formula is C11H11BrCl2N2O4S. The van der Waals surface area contributed by atoms with Crippen LogP contribution >= 0.6 is 39.1 Å². The molecule has 6 nitrogen and oxygen atoms in total. The van der Waals surface area contributed by atoms with Crippen molar-refractivity contribution >= 4 is 55.1 Å². The van der Waals surface area contributed by atoms with Gasteiger partial charge < -0.3 is 10.8 Å². The Morgan fingerprint density at radius 2 is 1.90 bits per heavy atom. The summed E-state index contributed by atoms with van der Waals surface area (Å²) in [5, 5.41) is 8.98. The first kappa shape index (κ1) is 17.0. The van der Waals surface area contributed by atoms with Gasteiger partial charge >= 0.3 is 5.97 Å². The fourth-order valence-electron chi connectivity index (χ4n) is 2.08. The minimum atomic E-state index is -4.02. The molecule has 0 aliphatic carbocycles. The van der Waals surface area contributed by atoms with Crippen molar-refractivity contribution < 1.29 is 18.3 Å². The van der Waals surface area contributed by atoms with Gasteiger partial charge in [-0.15, -0.1) is 0 Å². The van der Waals surface area contributed by atoms with Crippen LogP contribution in [-0.4, -0.2) is 42.4 Å². The van der Waals surface area contributed by atoms with Crippen LogP contribution < -0.4 is 5.73 Å². The van der Waals surface area contributed by atoms with Gasteiger partial charge in [0.2, 0.25) is 10.0 Å². The standard InChI is InChI=1S/C11H11BrCl2N2O4S/c12-6-3-7(13)9(8(14)4-6)21(19,20)16-2-1-11(15,5-16)10(17)18/h3-4H,1-2,5,15H2,(H,17,18). The highest BCUT2D eigenvalue weighted by atomic mass is 79.9. The van der Waals surface area contributed by atoms with E-state index in [0.717, 1.165) is 4.31 Å². The second kappa shape index (κ2) is 5.68. The Bertz CT molecular complexity index is 689. The number of hydrogen-bond acceptors (Lipinski definition) is 4. The molecule has 1 aromatic carbocycles. The summed E-state index contributed by atoms with van der Waals surface area (Å²) in [7, 11) is -4.02. The van der Waals surface area contributed by atoms with Crippen molar-refractivity contribution in [2.24, 2.45) is 5.73 Å². The van der Waals surface area contributed by atoms with E-state index in [1.165, 1.54) is 12.1 Å². The van der Waals surface area contributed by atoms with Crippen molar-refractivity contribution in [3.63, 3.8) is 0 Å².